The number of hydrogen-bond acceptors (Lipinski definition) is 5. The Bertz CT molecular complexity index is 794. The molecule has 2 heterocycles. The van der Waals surface area contributed by atoms with Gasteiger partial charge in [-0.05, 0) is 32.9 Å². The van der Waals surface area contributed by atoms with Crippen molar-refractivity contribution in [1.82, 2.24) is 9.97 Å². The summed E-state index contributed by atoms with van der Waals surface area (Å²) in [4.78, 5) is 9.86. The zero-order valence-corrected chi connectivity index (χ0v) is 13.2. The third kappa shape index (κ3) is 2.56. The SMILES string of the molecule is Cc1nc(C)c(C(C)Nc2ccc3cnccc3c2N)s1. The molecule has 0 bridgehead atoms. The first kappa shape index (κ1) is 13.8. The van der Waals surface area contributed by atoms with Crippen LogP contribution in [0.25, 0.3) is 10.8 Å². The van der Waals surface area contributed by atoms with Gasteiger partial charge in [-0.3, -0.25) is 4.98 Å². The van der Waals surface area contributed by atoms with Gasteiger partial charge in [-0.15, -0.1) is 11.3 Å². The van der Waals surface area contributed by atoms with E-state index < -0.39 is 0 Å². The molecule has 2 aromatic heterocycles. The monoisotopic (exact) mass is 298 g/mol. The molecule has 0 radical (unpaired) electrons. The molecule has 0 aliphatic heterocycles. The van der Waals surface area contributed by atoms with E-state index in [1.807, 2.05) is 38.2 Å². The van der Waals surface area contributed by atoms with Gasteiger partial charge in [0, 0.05) is 28.0 Å². The van der Waals surface area contributed by atoms with Gasteiger partial charge >= 0.3 is 0 Å². The van der Waals surface area contributed by atoms with Crippen LogP contribution < -0.4 is 11.1 Å². The fourth-order valence-corrected chi connectivity index (χ4v) is 3.50. The van der Waals surface area contributed by atoms with Crippen LogP contribution in [0.4, 0.5) is 11.4 Å². The number of anilines is 2. The zero-order chi connectivity index (χ0) is 15.0. The fourth-order valence-electron chi connectivity index (χ4n) is 2.57. The van der Waals surface area contributed by atoms with Gasteiger partial charge in [0.15, 0.2) is 0 Å². The van der Waals surface area contributed by atoms with Gasteiger partial charge in [0.05, 0.1) is 28.1 Å². The number of rotatable bonds is 3. The summed E-state index contributed by atoms with van der Waals surface area (Å²) >= 11 is 1.73. The van der Waals surface area contributed by atoms with Crippen LogP contribution >= 0.6 is 11.3 Å². The highest BCUT2D eigenvalue weighted by Crippen LogP contribution is 2.33. The lowest BCUT2D eigenvalue weighted by Gasteiger charge is -2.17. The number of nitrogens with one attached hydrogen (secondary N) is 1. The minimum Gasteiger partial charge on any atom is -0.397 e. The van der Waals surface area contributed by atoms with Gasteiger partial charge in [-0.1, -0.05) is 6.07 Å². The average molecular weight is 298 g/mol. The molecule has 3 aromatic rings. The van der Waals surface area contributed by atoms with Gasteiger partial charge in [0.2, 0.25) is 0 Å². The third-order valence-corrected chi connectivity index (χ3v) is 4.82. The van der Waals surface area contributed by atoms with E-state index in [4.69, 9.17) is 5.73 Å². The smallest absolute Gasteiger partial charge is 0.0900 e. The predicted molar refractivity (Wildman–Crippen MR) is 89.8 cm³/mol. The minimum atomic E-state index is 0.179. The van der Waals surface area contributed by atoms with Crippen molar-refractivity contribution in [1.29, 1.82) is 0 Å². The summed E-state index contributed by atoms with van der Waals surface area (Å²) in [6.07, 6.45) is 3.60. The maximum Gasteiger partial charge on any atom is 0.0900 e. The molecule has 0 spiro atoms. The first-order valence-corrected chi connectivity index (χ1v) is 7.70. The zero-order valence-electron chi connectivity index (χ0n) is 12.3. The number of nitrogens with zero attached hydrogens (tertiary/aromatic N) is 2. The molecule has 108 valence electrons. The first-order chi connectivity index (χ1) is 10.1. The highest BCUT2D eigenvalue weighted by atomic mass is 32.1. The number of hydrogen-bond donors (Lipinski definition) is 2. The molecular formula is C16H18N4S. The van der Waals surface area contributed by atoms with E-state index in [2.05, 4.69) is 22.2 Å². The Morgan fingerprint density at radius 2 is 2.05 bits per heavy atom. The van der Waals surface area contributed by atoms with Crippen molar-refractivity contribution in [2.24, 2.45) is 0 Å². The second kappa shape index (κ2) is 5.33. The van der Waals surface area contributed by atoms with Crippen LogP contribution in [-0.2, 0) is 0 Å². The molecule has 3 N–H and O–H groups in total. The lowest BCUT2D eigenvalue weighted by Crippen LogP contribution is -2.08. The Morgan fingerprint density at radius 3 is 2.76 bits per heavy atom. The van der Waals surface area contributed by atoms with E-state index in [-0.39, 0.29) is 6.04 Å². The van der Waals surface area contributed by atoms with Gasteiger partial charge in [-0.2, -0.15) is 0 Å². The number of aryl methyl sites for hydroxylation is 2. The largest absolute Gasteiger partial charge is 0.397 e. The van der Waals surface area contributed by atoms with Crippen molar-refractivity contribution >= 4 is 33.5 Å². The number of pyridine rings is 1. The number of benzene rings is 1. The Kier molecular flexibility index (Phi) is 3.51. The molecule has 1 atom stereocenters. The van der Waals surface area contributed by atoms with Gasteiger partial charge in [-0.25, -0.2) is 4.98 Å². The lowest BCUT2D eigenvalue weighted by atomic mass is 10.1. The van der Waals surface area contributed by atoms with Crippen molar-refractivity contribution < 1.29 is 0 Å². The summed E-state index contributed by atoms with van der Waals surface area (Å²) in [6.45, 7) is 6.22. The van der Waals surface area contributed by atoms with E-state index in [9.17, 15) is 0 Å². The molecule has 0 saturated carbocycles. The molecule has 21 heavy (non-hydrogen) atoms. The molecule has 0 fully saturated rings. The maximum absolute atomic E-state index is 6.29. The molecule has 0 amide bonds. The number of thiazole rings is 1. The molecule has 0 aliphatic rings. The van der Waals surface area contributed by atoms with Crippen LogP contribution in [-0.4, -0.2) is 9.97 Å². The normalized spacial score (nSPS) is 12.5. The number of nitrogen functional groups attached to an aromatic ring is 1. The maximum atomic E-state index is 6.29. The molecular weight excluding hydrogens is 280 g/mol. The van der Waals surface area contributed by atoms with Crippen LogP contribution in [0.5, 0.6) is 0 Å². The molecule has 0 aliphatic carbocycles. The quantitative estimate of drug-likeness (QED) is 0.716. The first-order valence-electron chi connectivity index (χ1n) is 6.89. The van der Waals surface area contributed by atoms with Crippen LogP contribution in [0.3, 0.4) is 0 Å². The Balaban J connectivity index is 1.94. The summed E-state index contributed by atoms with van der Waals surface area (Å²) in [5.41, 5.74) is 9.09. The summed E-state index contributed by atoms with van der Waals surface area (Å²) in [5, 5.41) is 6.67. The van der Waals surface area contributed by atoms with Crippen LogP contribution in [0.15, 0.2) is 30.6 Å². The molecule has 3 rings (SSSR count). The van der Waals surface area contributed by atoms with E-state index >= 15 is 0 Å². The van der Waals surface area contributed by atoms with Crippen molar-refractivity contribution in [3.05, 3.63) is 46.2 Å². The Morgan fingerprint density at radius 1 is 1.24 bits per heavy atom. The van der Waals surface area contributed by atoms with E-state index in [0.717, 1.165) is 32.8 Å². The number of fused-ring (bicyclic) bond motifs is 1. The second-order valence-electron chi connectivity index (χ2n) is 5.17. The van der Waals surface area contributed by atoms with E-state index in [1.165, 1.54) is 4.88 Å². The molecule has 1 aromatic carbocycles. The van der Waals surface area contributed by atoms with Gasteiger partial charge < -0.3 is 11.1 Å². The topological polar surface area (TPSA) is 63.8 Å². The van der Waals surface area contributed by atoms with Crippen molar-refractivity contribution in [2.75, 3.05) is 11.1 Å². The van der Waals surface area contributed by atoms with Gasteiger partial charge in [0.1, 0.15) is 0 Å². The molecule has 4 nitrogen and oxygen atoms in total. The lowest BCUT2D eigenvalue weighted by molar-refractivity contribution is 0.891. The van der Waals surface area contributed by atoms with Gasteiger partial charge in [0.25, 0.3) is 0 Å². The Labute approximate surface area is 128 Å². The molecule has 1 unspecified atom stereocenters. The van der Waals surface area contributed by atoms with Crippen molar-refractivity contribution in [2.45, 2.75) is 26.8 Å². The Hall–Kier alpha value is -2.14. The highest BCUT2D eigenvalue weighted by Gasteiger charge is 2.14. The standard InChI is InChI=1S/C16H18N4S/c1-9-16(21-11(3)19-9)10(2)20-14-5-4-12-8-18-7-6-13(12)15(14)17/h4-8,10,20H,17H2,1-3H3. The average Bonchev–Trinajstić information content (AvgIpc) is 2.81. The molecule has 5 heteroatoms. The van der Waals surface area contributed by atoms with Crippen molar-refractivity contribution in [3.63, 3.8) is 0 Å². The summed E-state index contributed by atoms with van der Waals surface area (Å²) in [5.74, 6) is 0. The van der Waals surface area contributed by atoms with Crippen molar-refractivity contribution in [3.8, 4) is 0 Å². The number of nitrogens with two attached hydrogens (primary N) is 1. The fraction of sp³-hybridized carbons (Fsp3) is 0.250. The second-order valence-corrected chi connectivity index (χ2v) is 6.41. The summed E-state index contributed by atoms with van der Waals surface area (Å²) in [7, 11) is 0. The number of aromatic nitrogens is 2. The summed E-state index contributed by atoms with van der Waals surface area (Å²) < 4.78 is 0. The van der Waals surface area contributed by atoms with E-state index in [1.54, 1.807) is 17.5 Å². The summed E-state index contributed by atoms with van der Waals surface area (Å²) in [6, 6.07) is 6.18. The van der Waals surface area contributed by atoms with Crippen LogP contribution in [0.1, 0.15) is 28.5 Å². The highest BCUT2D eigenvalue weighted by molar-refractivity contribution is 7.11. The molecule has 0 saturated heterocycles. The van der Waals surface area contributed by atoms with E-state index in [0.29, 0.717) is 0 Å². The predicted octanol–water partition coefficient (Wildman–Crippen LogP) is 4.06. The third-order valence-electron chi connectivity index (χ3n) is 3.57. The van der Waals surface area contributed by atoms with Crippen LogP contribution in [0.2, 0.25) is 0 Å². The van der Waals surface area contributed by atoms with Crippen LogP contribution in [0, 0.1) is 13.8 Å². The minimum absolute atomic E-state index is 0.179.